The number of aliphatic imine (C=N–C) groups is 1. The van der Waals surface area contributed by atoms with E-state index in [1.54, 1.807) is 0 Å². The number of hydrogen-bond donors (Lipinski definition) is 0. The molecule has 3 heteroatoms. The first kappa shape index (κ1) is 17.9. The summed E-state index contributed by atoms with van der Waals surface area (Å²) in [7, 11) is 0. The van der Waals surface area contributed by atoms with Crippen LogP contribution >= 0.6 is 0 Å². The summed E-state index contributed by atoms with van der Waals surface area (Å²) < 4.78 is 0. The van der Waals surface area contributed by atoms with Crippen LogP contribution < -0.4 is 0 Å². The third-order valence-electron chi connectivity index (χ3n) is 2.41. The second-order valence-electron chi connectivity index (χ2n) is 4.38. The van der Waals surface area contributed by atoms with Crippen LogP contribution in [0.1, 0.15) is 60.8 Å². The van der Waals surface area contributed by atoms with Gasteiger partial charge in [-0.15, -0.1) is 0 Å². The lowest BCUT2D eigenvalue weighted by Crippen LogP contribution is -2.40. The van der Waals surface area contributed by atoms with Gasteiger partial charge in [0, 0.05) is 33.5 Å². The van der Waals surface area contributed by atoms with E-state index in [0.29, 0.717) is 12.1 Å². The average molecular weight is 223 g/mol. The molecule has 1 aliphatic rings. The SMILES string of the molecule is CC.CC(C)N=C1CCCCN1C(C)C.[B]. The zero-order chi connectivity index (χ0) is 11.8. The monoisotopic (exact) mass is 223 g/mol. The summed E-state index contributed by atoms with van der Waals surface area (Å²) in [5.74, 6) is 1.33. The highest BCUT2D eigenvalue weighted by atomic mass is 15.2. The first-order valence-corrected chi connectivity index (χ1v) is 6.44. The Hall–Kier alpha value is -0.465. The van der Waals surface area contributed by atoms with Gasteiger partial charge in [0.05, 0.1) is 5.84 Å². The van der Waals surface area contributed by atoms with Crippen molar-refractivity contribution in [2.24, 2.45) is 4.99 Å². The molecule has 1 rings (SSSR count). The molecule has 1 heterocycles. The molecule has 0 spiro atoms. The third kappa shape index (κ3) is 6.19. The summed E-state index contributed by atoms with van der Waals surface area (Å²) in [6.45, 7) is 14.0. The van der Waals surface area contributed by atoms with Gasteiger partial charge in [-0.25, -0.2) is 0 Å². The molecule has 1 saturated heterocycles. The Balaban J connectivity index is 0. The summed E-state index contributed by atoms with van der Waals surface area (Å²) in [6.07, 6.45) is 3.82. The molecule has 0 aromatic rings. The smallest absolute Gasteiger partial charge is 0.0994 e. The van der Waals surface area contributed by atoms with E-state index in [4.69, 9.17) is 0 Å². The normalized spacial score (nSPS) is 18.2. The molecule has 0 aliphatic carbocycles. The first-order valence-electron chi connectivity index (χ1n) is 6.44. The van der Waals surface area contributed by atoms with Crippen molar-refractivity contribution >= 4 is 14.2 Å². The molecular formula is C13H28BN2. The fourth-order valence-electron chi connectivity index (χ4n) is 1.83. The van der Waals surface area contributed by atoms with E-state index < -0.39 is 0 Å². The van der Waals surface area contributed by atoms with E-state index in [0.717, 1.165) is 0 Å². The highest BCUT2D eigenvalue weighted by molar-refractivity contribution is 5.83. The summed E-state index contributed by atoms with van der Waals surface area (Å²) in [4.78, 5) is 7.13. The minimum absolute atomic E-state index is 0. The van der Waals surface area contributed by atoms with Gasteiger partial charge in [0.2, 0.25) is 0 Å². The molecule has 0 saturated carbocycles. The highest BCUT2D eigenvalue weighted by Crippen LogP contribution is 2.15. The summed E-state index contributed by atoms with van der Waals surface area (Å²) in [5, 5.41) is 0. The van der Waals surface area contributed by atoms with Gasteiger partial charge in [-0.1, -0.05) is 13.8 Å². The van der Waals surface area contributed by atoms with Crippen molar-refractivity contribution in [1.29, 1.82) is 0 Å². The Morgan fingerprint density at radius 3 is 2.06 bits per heavy atom. The van der Waals surface area contributed by atoms with E-state index >= 15 is 0 Å². The first-order chi connectivity index (χ1) is 7.11. The molecule has 0 aromatic heterocycles. The standard InChI is InChI=1S/C11H22N2.C2H6.B/c1-9(2)12-11-7-5-6-8-13(11)10(3)4;1-2;/h9-10H,5-8H2,1-4H3;1-2H3;. The Kier molecular flexibility index (Phi) is 10.9. The van der Waals surface area contributed by atoms with Gasteiger partial charge in [0.25, 0.3) is 0 Å². The molecule has 93 valence electrons. The quantitative estimate of drug-likeness (QED) is 0.655. The van der Waals surface area contributed by atoms with Crippen molar-refractivity contribution in [2.45, 2.75) is 72.9 Å². The molecule has 1 fully saturated rings. The average Bonchev–Trinajstić information content (AvgIpc) is 2.20. The Bertz CT molecular complexity index is 188. The number of hydrogen-bond acceptors (Lipinski definition) is 1. The van der Waals surface area contributed by atoms with Crippen LogP contribution in [0.5, 0.6) is 0 Å². The van der Waals surface area contributed by atoms with Crippen LogP contribution in [-0.4, -0.2) is 37.8 Å². The third-order valence-corrected chi connectivity index (χ3v) is 2.41. The van der Waals surface area contributed by atoms with Crippen LogP contribution in [0.25, 0.3) is 0 Å². The molecule has 16 heavy (non-hydrogen) atoms. The van der Waals surface area contributed by atoms with Gasteiger partial charge in [-0.3, -0.25) is 4.99 Å². The molecule has 0 amide bonds. The number of nitrogens with zero attached hydrogens (tertiary/aromatic N) is 2. The lowest BCUT2D eigenvalue weighted by Gasteiger charge is -2.34. The lowest BCUT2D eigenvalue weighted by molar-refractivity contribution is 0.311. The molecule has 0 N–H and O–H groups in total. The highest BCUT2D eigenvalue weighted by Gasteiger charge is 2.18. The minimum atomic E-state index is 0. The zero-order valence-corrected chi connectivity index (χ0v) is 12.0. The number of amidine groups is 1. The van der Waals surface area contributed by atoms with E-state index in [9.17, 15) is 0 Å². The minimum Gasteiger partial charge on any atom is -0.358 e. The fraction of sp³-hybridized carbons (Fsp3) is 0.923. The van der Waals surface area contributed by atoms with Gasteiger partial charge in [-0.2, -0.15) is 0 Å². The van der Waals surface area contributed by atoms with E-state index in [1.165, 1.54) is 31.6 Å². The van der Waals surface area contributed by atoms with E-state index in [2.05, 4.69) is 37.6 Å². The maximum Gasteiger partial charge on any atom is 0.0994 e. The number of piperidine rings is 1. The second-order valence-corrected chi connectivity index (χ2v) is 4.38. The molecule has 0 aromatic carbocycles. The van der Waals surface area contributed by atoms with Crippen molar-refractivity contribution in [3.05, 3.63) is 0 Å². The Morgan fingerprint density at radius 2 is 1.62 bits per heavy atom. The van der Waals surface area contributed by atoms with Crippen LogP contribution in [0.3, 0.4) is 0 Å². The molecule has 2 nitrogen and oxygen atoms in total. The van der Waals surface area contributed by atoms with Gasteiger partial charge in [-0.05, 0) is 40.5 Å². The van der Waals surface area contributed by atoms with Crippen LogP contribution in [0, 0.1) is 0 Å². The van der Waals surface area contributed by atoms with Gasteiger partial charge < -0.3 is 4.90 Å². The number of rotatable bonds is 2. The zero-order valence-electron chi connectivity index (χ0n) is 12.0. The molecule has 0 bridgehead atoms. The van der Waals surface area contributed by atoms with E-state index in [1.807, 2.05) is 13.8 Å². The molecular weight excluding hydrogens is 195 g/mol. The van der Waals surface area contributed by atoms with Crippen molar-refractivity contribution < 1.29 is 0 Å². The largest absolute Gasteiger partial charge is 0.358 e. The maximum absolute atomic E-state index is 4.68. The van der Waals surface area contributed by atoms with Crippen LogP contribution in [0.15, 0.2) is 4.99 Å². The Morgan fingerprint density at radius 1 is 1.06 bits per heavy atom. The predicted octanol–water partition coefficient (Wildman–Crippen LogP) is 3.33. The van der Waals surface area contributed by atoms with E-state index in [-0.39, 0.29) is 8.41 Å². The lowest BCUT2D eigenvalue weighted by atomic mass is 10.1. The topological polar surface area (TPSA) is 15.6 Å². The summed E-state index contributed by atoms with van der Waals surface area (Å²) in [5.41, 5.74) is 0. The van der Waals surface area contributed by atoms with Gasteiger partial charge >= 0.3 is 0 Å². The van der Waals surface area contributed by atoms with Crippen LogP contribution in [-0.2, 0) is 0 Å². The van der Waals surface area contributed by atoms with Crippen molar-refractivity contribution in [3.63, 3.8) is 0 Å². The van der Waals surface area contributed by atoms with Crippen molar-refractivity contribution in [3.8, 4) is 0 Å². The van der Waals surface area contributed by atoms with Crippen molar-refractivity contribution in [2.75, 3.05) is 6.54 Å². The van der Waals surface area contributed by atoms with Gasteiger partial charge in [0.1, 0.15) is 0 Å². The predicted molar refractivity (Wildman–Crippen MR) is 75.4 cm³/mol. The van der Waals surface area contributed by atoms with Crippen LogP contribution in [0.4, 0.5) is 0 Å². The maximum atomic E-state index is 4.68. The molecule has 0 unspecified atom stereocenters. The van der Waals surface area contributed by atoms with Crippen LogP contribution in [0.2, 0.25) is 0 Å². The second kappa shape index (κ2) is 9.74. The molecule has 0 atom stereocenters. The van der Waals surface area contributed by atoms with Crippen molar-refractivity contribution in [1.82, 2.24) is 4.90 Å². The summed E-state index contributed by atoms with van der Waals surface area (Å²) >= 11 is 0. The fourth-order valence-corrected chi connectivity index (χ4v) is 1.83. The Labute approximate surface area is 104 Å². The summed E-state index contributed by atoms with van der Waals surface area (Å²) in [6, 6.07) is 1.05. The molecule has 1 aliphatic heterocycles. The molecule has 3 radical (unpaired) electrons. The number of likely N-dealkylation sites (tertiary alicyclic amines) is 1. The van der Waals surface area contributed by atoms with Gasteiger partial charge in [0.15, 0.2) is 0 Å².